The molecule has 0 fully saturated rings. The summed E-state index contributed by atoms with van der Waals surface area (Å²) in [4.78, 5) is 11.1. The zero-order valence-electron chi connectivity index (χ0n) is 10.0. The topological polar surface area (TPSA) is 46.5 Å². The second-order valence-corrected chi connectivity index (χ2v) is 4.12. The van der Waals surface area contributed by atoms with Crippen molar-refractivity contribution in [3.8, 4) is 0 Å². The van der Waals surface area contributed by atoms with Crippen molar-refractivity contribution >= 4 is 5.97 Å². The predicted octanol–water partition coefficient (Wildman–Crippen LogP) is 2.44. The molecule has 0 radical (unpaired) electrons. The van der Waals surface area contributed by atoms with E-state index in [4.69, 9.17) is 9.84 Å². The van der Waals surface area contributed by atoms with Gasteiger partial charge in [0.05, 0.1) is 12.0 Å². The summed E-state index contributed by atoms with van der Waals surface area (Å²) in [5, 5.41) is 9.06. The van der Waals surface area contributed by atoms with Crippen molar-refractivity contribution < 1.29 is 27.8 Å². The van der Waals surface area contributed by atoms with Gasteiger partial charge in [-0.2, -0.15) is 13.2 Å². The molecule has 100 valence electrons. The predicted molar refractivity (Wildman–Crippen MR) is 56.2 cm³/mol. The van der Waals surface area contributed by atoms with Gasteiger partial charge in [-0.15, -0.1) is 0 Å². The van der Waals surface area contributed by atoms with Crippen LogP contribution in [0.2, 0.25) is 0 Å². The van der Waals surface area contributed by atoms with Crippen LogP contribution in [0.4, 0.5) is 13.2 Å². The van der Waals surface area contributed by atoms with Gasteiger partial charge in [-0.3, -0.25) is 0 Å². The molecule has 0 saturated carbocycles. The fraction of sp³-hybridized carbons (Fsp3) is 0.727. The zero-order valence-corrected chi connectivity index (χ0v) is 10.0. The Kier molecular flexibility index (Phi) is 5.68. The zero-order chi connectivity index (χ0) is 13.8. The van der Waals surface area contributed by atoms with E-state index >= 15 is 0 Å². The SMILES string of the molecule is C=C(C)C(=O)OC(C)CC(C(C)O)C(F)(F)F. The molecule has 3 atom stereocenters. The van der Waals surface area contributed by atoms with Crippen molar-refractivity contribution in [2.24, 2.45) is 5.92 Å². The van der Waals surface area contributed by atoms with E-state index in [1.165, 1.54) is 13.8 Å². The van der Waals surface area contributed by atoms with Crippen LogP contribution in [0.15, 0.2) is 12.2 Å². The first-order valence-corrected chi connectivity index (χ1v) is 5.17. The van der Waals surface area contributed by atoms with Crippen molar-refractivity contribution in [2.75, 3.05) is 0 Å². The van der Waals surface area contributed by atoms with Crippen molar-refractivity contribution in [3.63, 3.8) is 0 Å². The number of hydrogen-bond acceptors (Lipinski definition) is 3. The van der Waals surface area contributed by atoms with E-state index in [0.717, 1.165) is 6.92 Å². The Balaban J connectivity index is 4.48. The maximum Gasteiger partial charge on any atom is 0.394 e. The lowest BCUT2D eigenvalue weighted by atomic mass is 9.96. The molecule has 0 rings (SSSR count). The Labute approximate surface area is 98.3 Å². The Morgan fingerprint density at radius 3 is 2.18 bits per heavy atom. The van der Waals surface area contributed by atoms with Crippen molar-refractivity contribution in [2.45, 2.75) is 45.6 Å². The second-order valence-electron chi connectivity index (χ2n) is 4.12. The van der Waals surface area contributed by atoms with Gasteiger partial charge in [-0.1, -0.05) is 6.58 Å². The lowest BCUT2D eigenvalue weighted by Crippen LogP contribution is -2.35. The number of halogens is 3. The summed E-state index contributed by atoms with van der Waals surface area (Å²) in [6.07, 6.45) is -7.46. The third-order valence-corrected chi connectivity index (χ3v) is 2.25. The maximum absolute atomic E-state index is 12.5. The van der Waals surface area contributed by atoms with Crippen LogP contribution in [0, 0.1) is 5.92 Å². The highest BCUT2D eigenvalue weighted by Crippen LogP contribution is 2.33. The monoisotopic (exact) mass is 254 g/mol. The summed E-state index contributed by atoms with van der Waals surface area (Å²) in [7, 11) is 0. The summed E-state index contributed by atoms with van der Waals surface area (Å²) >= 11 is 0. The number of esters is 1. The van der Waals surface area contributed by atoms with E-state index in [-0.39, 0.29) is 5.57 Å². The lowest BCUT2D eigenvalue weighted by Gasteiger charge is -2.25. The quantitative estimate of drug-likeness (QED) is 0.605. The van der Waals surface area contributed by atoms with Crippen molar-refractivity contribution in [1.29, 1.82) is 0 Å². The molecule has 3 nitrogen and oxygen atoms in total. The average molecular weight is 254 g/mol. The van der Waals surface area contributed by atoms with Crippen LogP contribution in [-0.4, -0.2) is 29.5 Å². The molecule has 0 saturated heterocycles. The molecule has 0 aromatic rings. The first-order valence-electron chi connectivity index (χ1n) is 5.17. The van der Waals surface area contributed by atoms with Gasteiger partial charge in [0.15, 0.2) is 0 Å². The average Bonchev–Trinajstić information content (AvgIpc) is 2.11. The van der Waals surface area contributed by atoms with Crippen LogP contribution in [0.5, 0.6) is 0 Å². The molecule has 0 aliphatic carbocycles. The number of hydrogen-bond donors (Lipinski definition) is 1. The van der Waals surface area contributed by atoms with Gasteiger partial charge < -0.3 is 9.84 Å². The second kappa shape index (κ2) is 6.05. The molecular formula is C11H17F3O3. The van der Waals surface area contributed by atoms with Gasteiger partial charge in [-0.25, -0.2) is 4.79 Å². The molecule has 6 heteroatoms. The number of rotatable bonds is 5. The van der Waals surface area contributed by atoms with Crippen molar-refractivity contribution in [3.05, 3.63) is 12.2 Å². The van der Waals surface area contributed by atoms with Gasteiger partial charge in [0.25, 0.3) is 0 Å². The number of carbonyl (C=O) groups is 1. The molecule has 0 aliphatic rings. The highest BCUT2D eigenvalue weighted by molar-refractivity contribution is 5.87. The third kappa shape index (κ3) is 5.72. The molecule has 0 bridgehead atoms. The molecule has 0 aromatic heterocycles. The molecule has 0 spiro atoms. The normalized spacial score (nSPS) is 17.1. The van der Waals surface area contributed by atoms with E-state index in [2.05, 4.69) is 6.58 Å². The van der Waals surface area contributed by atoms with Gasteiger partial charge in [0.1, 0.15) is 6.10 Å². The Bertz CT molecular complexity index is 284. The summed E-state index contributed by atoms with van der Waals surface area (Å²) in [6.45, 7) is 7.14. The fourth-order valence-corrected chi connectivity index (χ4v) is 1.29. The maximum atomic E-state index is 12.5. The first-order chi connectivity index (χ1) is 7.55. The minimum absolute atomic E-state index is 0.123. The van der Waals surface area contributed by atoms with Gasteiger partial charge in [0, 0.05) is 5.57 Å². The Hall–Kier alpha value is -1.04. The molecular weight excluding hydrogens is 237 g/mol. The first kappa shape index (κ1) is 16.0. The van der Waals surface area contributed by atoms with Crippen LogP contribution in [0.1, 0.15) is 27.2 Å². The highest BCUT2D eigenvalue weighted by Gasteiger charge is 2.43. The van der Waals surface area contributed by atoms with E-state index in [9.17, 15) is 18.0 Å². The number of aliphatic hydroxyl groups is 1. The fourth-order valence-electron chi connectivity index (χ4n) is 1.29. The molecule has 0 heterocycles. The summed E-state index contributed by atoms with van der Waals surface area (Å²) in [5.41, 5.74) is 0.123. The summed E-state index contributed by atoms with van der Waals surface area (Å²) in [5.74, 6) is -2.64. The molecule has 0 aromatic carbocycles. The summed E-state index contributed by atoms with van der Waals surface area (Å²) < 4.78 is 42.3. The molecule has 1 N–H and O–H groups in total. The van der Waals surface area contributed by atoms with E-state index in [0.29, 0.717) is 0 Å². The van der Waals surface area contributed by atoms with Crippen LogP contribution in [0.3, 0.4) is 0 Å². The van der Waals surface area contributed by atoms with E-state index in [1.54, 1.807) is 0 Å². The number of alkyl halides is 3. The molecule has 0 amide bonds. The smallest absolute Gasteiger partial charge is 0.394 e. The number of aliphatic hydroxyl groups excluding tert-OH is 1. The van der Waals surface area contributed by atoms with Crippen molar-refractivity contribution in [1.82, 2.24) is 0 Å². The standard InChI is InChI=1S/C11H17F3O3/c1-6(2)10(16)17-7(3)5-9(8(4)15)11(12,13)14/h7-9,15H,1,5H2,2-4H3. The minimum Gasteiger partial charge on any atom is -0.459 e. The van der Waals surface area contributed by atoms with E-state index < -0.39 is 36.7 Å². The molecule has 3 unspecified atom stereocenters. The van der Waals surface area contributed by atoms with E-state index in [1.807, 2.05) is 0 Å². The number of carbonyl (C=O) groups excluding carboxylic acids is 1. The molecule has 17 heavy (non-hydrogen) atoms. The third-order valence-electron chi connectivity index (χ3n) is 2.25. The largest absolute Gasteiger partial charge is 0.459 e. The highest BCUT2D eigenvalue weighted by atomic mass is 19.4. The van der Waals surface area contributed by atoms with Gasteiger partial charge in [0.2, 0.25) is 0 Å². The Morgan fingerprint density at radius 2 is 1.88 bits per heavy atom. The van der Waals surface area contributed by atoms with Crippen LogP contribution < -0.4 is 0 Å². The van der Waals surface area contributed by atoms with Gasteiger partial charge >= 0.3 is 12.1 Å². The Morgan fingerprint density at radius 1 is 1.41 bits per heavy atom. The number of ether oxygens (including phenoxy) is 1. The van der Waals surface area contributed by atoms with Crippen LogP contribution >= 0.6 is 0 Å². The van der Waals surface area contributed by atoms with Crippen LogP contribution in [-0.2, 0) is 9.53 Å². The van der Waals surface area contributed by atoms with Gasteiger partial charge in [-0.05, 0) is 27.2 Å². The van der Waals surface area contributed by atoms with Crippen LogP contribution in [0.25, 0.3) is 0 Å². The minimum atomic E-state index is -4.52. The summed E-state index contributed by atoms with van der Waals surface area (Å²) in [6, 6.07) is 0. The molecule has 0 aliphatic heterocycles. The lowest BCUT2D eigenvalue weighted by molar-refractivity contribution is -0.206.